The zero-order chi connectivity index (χ0) is 19.2. The number of carbonyl (C=O) groups excluding carboxylic acids is 1. The van der Waals surface area contributed by atoms with Gasteiger partial charge in [0.1, 0.15) is 6.61 Å². The maximum absolute atomic E-state index is 12.6. The first-order valence-electron chi connectivity index (χ1n) is 10.2. The lowest BCUT2D eigenvalue weighted by atomic mass is 9.96. The van der Waals surface area contributed by atoms with Crippen molar-refractivity contribution in [2.75, 3.05) is 13.1 Å². The van der Waals surface area contributed by atoms with Crippen molar-refractivity contribution in [1.29, 1.82) is 0 Å². The lowest BCUT2D eigenvalue weighted by Crippen LogP contribution is -2.50. The van der Waals surface area contributed by atoms with Gasteiger partial charge in [0.2, 0.25) is 5.82 Å². The second kappa shape index (κ2) is 9.14. The van der Waals surface area contributed by atoms with E-state index < -0.39 is 0 Å². The molecule has 0 aromatic carbocycles. The first kappa shape index (κ1) is 18.9. The van der Waals surface area contributed by atoms with E-state index in [-0.39, 0.29) is 18.7 Å². The maximum Gasteiger partial charge on any atom is 0.317 e. The van der Waals surface area contributed by atoms with Crippen molar-refractivity contribution in [2.45, 2.75) is 63.7 Å². The maximum atomic E-state index is 12.6. The fourth-order valence-electron chi connectivity index (χ4n) is 3.89. The summed E-state index contributed by atoms with van der Waals surface area (Å²) in [6, 6.07) is 4.03. The molecule has 28 heavy (non-hydrogen) atoms. The van der Waals surface area contributed by atoms with Crippen LogP contribution in [0.5, 0.6) is 0 Å². The Morgan fingerprint density at radius 2 is 2.00 bits per heavy atom. The molecule has 1 aliphatic carbocycles. The monoisotopic (exact) mass is 385 g/mol. The second-order valence-corrected chi connectivity index (χ2v) is 7.55. The first-order valence-corrected chi connectivity index (χ1v) is 10.2. The summed E-state index contributed by atoms with van der Waals surface area (Å²) in [5.41, 5.74) is 0.855. The number of likely N-dealkylation sites (tertiary alicyclic amines) is 1. The lowest BCUT2D eigenvalue weighted by molar-refractivity contribution is -0.0106. The number of aromatic nitrogens is 3. The average Bonchev–Trinajstić information content (AvgIpc) is 3.23. The lowest BCUT2D eigenvalue weighted by Gasteiger charge is -2.34. The van der Waals surface area contributed by atoms with Crippen molar-refractivity contribution < 1.29 is 14.1 Å². The zero-order valence-corrected chi connectivity index (χ0v) is 16.0. The van der Waals surface area contributed by atoms with E-state index in [4.69, 9.17) is 9.26 Å². The van der Waals surface area contributed by atoms with E-state index in [2.05, 4.69) is 20.4 Å². The number of amides is 2. The van der Waals surface area contributed by atoms with Gasteiger partial charge in [0.15, 0.2) is 0 Å². The minimum Gasteiger partial charge on any atom is -0.367 e. The van der Waals surface area contributed by atoms with Crippen LogP contribution in [0.15, 0.2) is 29.0 Å². The van der Waals surface area contributed by atoms with E-state index >= 15 is 0 Å². The van der Waals surface area contributed by atoms with Crippen molar-refractivity contribution in [3.05, 3.63) is 30.4 Å². The van der Waals surface area contributed by atoms with Gasteiger partial charge in [-0.15, -0.1) is 0 Å². The Bertz CT molecular complexity index is 760. The Morgan fingerprint density at radius 1 is 1.18 bits per heavy atom. The van der Waals surface area contributed by atoms with Gasteiger partial charge in [-0.3, -0.25) is 4.98 Å². The third-order valence-electron chi connectivity index (χ3n) is 5.45. The number of ether oxygens (including phenoxy) is 1. The van der Waals surface area contributed by atoms with Gasteiger partial charge in [-0.25, -0.2) is 4.79 Å². The van der Waals surface area contributed by atoms with Crippen molar-refractivity contribution in [3.63, 3.8) is 0 Å². The first-order chi connectivity index (χ1) is 13.8. The fraction of sp³-hybridized carbons (Fsp3) is 0.600. The number of urea groups is 1. The van der Waals surface area contributed by atoms with Gasteiger partial charge < -0.3 is 19.5 Å². The Balaban J connectivity index is 1.26. The summed E-state index contributed by atoms with van der Waals surface area (Å²) >= 11 is 0. The van der Waals surface area contributed by atoms with Crippen molar-refractivity contribution >= 4 is 6.03 Å². The van der Waals surface area contributed by atoms with Crippen molar-refractivity contribution in [2.24, 2.45) is 0 Å². The number of pyridine rings is 1. The largest absolute Gasteiger partial charge is 0.367 e. The third-order valence-corrected chi connectivity index (χ3v) is 5.45. The molecule has 1 saturated heterocycles. The molecule has 2 aromatic rings. The predicted molar refractivity (Wildman–Crippen MR) is 102 cm³/mol. The quantitative estimate of drug-likeness (QED) is 0.850. The van der Waals surface area contributed by atoms with Gasteiger partial charge in [-0.1, -0.05) is 24.4 Å². The van der Waals surface area contributed by atoms with Crippen LogP contribution in [0, 0.1) is 0 Å². The van der Waals surface area contributed by atoms with Crippen LogP contribution in [-0.2, 0) is 11.3 Å². The highest BCUT2D eigenvalue weighted by atomic mass is 16.5. The molecule has 8 heteroatoms. The number of nitrogens with zero attached hydrogens (tertiary/aromatic N) is 4. The average molecular weight is 385 g/mol. The van der Waals surface area contributed by atoms with Gasteiger partial charge in [-0.2, -0.15) is 4.98 Å². The van der Waals surface area contributed by atoms with Crippen LogP contribution in [0.1, 0.15) is 50.8 Å². The van der Waals surface area contributed by atoms with Crippen molar-refractivity contribution in [3.8, 4) is 11.4 Å². The minimum atomic E-state index is -0.0119. The molecule has 0 spiro atoms. The topological polar surface area (TPSA) is 93.4 Å². The standard InChI is InChI=1S/C20H27N5O3/c26-20(22-16-5-2-1-3-6-16)25-12-4-7-17(13-25)27-14-18-23-19(24-28-18)15-8-10-21-11-9-15/h8-11,16-17H,1-7,12-14H2,(H,22,26). The molecular formula is C20H27N5O3. The number of rotatable bonds is 5. The highest BCUT2D eigenvalue weighted by molar-refractivity contribution is 5.74. The van der Waals surface area contributed by atoms with Crippen molar-refractivity contribution in [1.82, 2.24) is 25.3 Å². The highest BCUT2D eigenvalue weighted by Crippen LogP contribution is 2.20. The van der Waals surface area contributed by atoms with Gasteiger partial charge in [0, 0.05) is 37.1 Å². The summed E-state index contributed by atoms with van der Waals surface area (Å²) in [6.07, 6.45) is 11.1. The summed E-state index contributed by atoms with van der Waals surface area (Å²) < 4.78 is 11.2. The van der Waals surface area contributed by atoms with Crippen LogP contribution in [0.25, 0.3) is 11.4 Å². The second-order valence-electron chi connectivity index (χ2n) is 7.55. The summed E-state index contributed by atoms with van der Waals surface area (Å²) in [4.78, 5) is 22.8. The molecule has 4 rings (SSSR count). The summed E-state index contributed by atoms with van der Waals surface area (Å²) in [6.45, 7) is 1.63. The number of hydrogen-bond donors (Lipinski definition) is 1. The van der Waals surface area contributed by atoms with Crippen LogP contribution in [0.4, 0.5) is 4.79 Å². The molecule has 1 unspecified atom stereocenters. The molecule has 0 radical (unpaired) electrons. The molecule has 3 heterocycles. The SMILES string of the molecule is O=C(NC1CCCCC1)N1CCCC(OCc2nc(-c3ccncc3)no2)C1. The molecule has 0 bridgehead atoms. The predicted octanol–water partition coefficient (Wildman–Crippen LogP) is 3.15. The molecule has 1 atom stereocenters. The number of carbonyl (C=O) groups is 1. The van der Waals surface area contributed by atoms with Gasteiger partial charge in [-0.05, 0) is 37.8 Å². The summed E-state index contributed by atoms with van der Waals surface area (Å²) in [5, 5.41) is 7.18. The fourth-order valence-corrected chi connectivity index (χ4v) is 3.89. The molecule has 8 nitrogen and oxygen atoms in total. The van der Waals surface area contributed by atoms with Crippen LogP contribution in [0.3, 0.4) is 0 Å². The van der Waals surface area contributed by atoms with E-state index in [0.717, 1.165) is 37.8 Å². The smallest absolute Gasteiger partial charge is 0.317 e. The van der Waals surface area contributed by atoms with Gasteiger partial charge in [0.25, 0.3) is 5.89 Å². The molecule has 1 saturated carbocycles. The summed E-state index contributed by atoms with van der Waals surface area (Å²) in [5.74, 6) is 0.966. The normalized spacial score (nSPS) is 20.9. The Labute approximate surface area is 164 Å². The molecular weight excluding hydrogens is 358 g/mol. The van der Waals surface area contributed by atoms with Crippen LogP contribution in [0.2, 0.25) is 0 Å². The highest BCUT2D eigenvalue weighted by Gasteiger charge is 2.26. The molecule has 1 N–H and O–H groups in total. The van der Waals surface area contributed by atoms with E-state index in [9.17, 15) is 4.79 Å². The van der Waals surface area contributed by atoms with Gasteiger partial charge in [0.05, 0.1) is 6.10 Å². The zero-order valence-electron chi connectivity index (χ0n) is 16.0. The minimum absolute atomic E-state index is 0.0119. The Hall–Kier alpha value is -2.48. The van der Waals surface area contributed by atoms with E-state index in [1.807, 2.05) is 17.0 Å². The Kier molecular flexibility index (Phi) is 6.16. The van der Waals surface area contributed by atoms with E-state index in [1.165, 1.54) is 19.3 Å². The third kappa shape index (κ3) is 4.86. The van der Waals surface area contributed by atoms with Crippen LogP contribution in [-0.4, -0.2) is 51.3 Å². The molecule has 150 valence electrons. The number of piperidine rings is 1. The molecule has 2 fully saturated rings. The molecule has 1 aliphatic heterocycles. The number of hydrogen-bond acceptors (Lipinski definition) is 6. The molecule has 2 aliphatic rings. The van der Waals surface area contributed by atoms with E-state index in [1.54, 1.807) is 12.4 Å². The molecule has 2 amide bonds. The number of nitrogens with one attached hydrogen (secondary N) is 1. The van der Waals surface area contributed by atoms with Crippen LogP contribution >= 0.6 is 0 Å². The summed E-state index contributed by atoms with van der Waals surface area (Å²) in [7, 11) is 0. The Morgan fingerprint density at radius 3 is 2.82 bits per heavy atom. The van der Waals surface area contributed by atoms with Gasteiger partial charge >= 0.3 is 6.03 Å². The molecule has 2 aromatic heterocycles. The van der Waals surface area contributed by atoms with E-state index in [0.29, 0.717) is 24.3 Å². The van der Waals surface area contributed by atoms with Crippen LogP contribution < -0.4 is 5.32 Å².